The van der Waals surface area contributed by atoms with Crippen LogP contribution in [-0.4, -0.2) is 11.1 Å². The number of nitrogens with one attached hydrogen (secondary N) is 1. The third kappa shape index (κ3) is 3.48. The quantitative estimate of drug-likeness (QED) is 0.888. The van der Waals surface area contributed by atoms with Crippen LogP contribution in [0.15, 0.2) is 42.5 Å². The summed E-state index contributed by atoms with van der Waals surface area (Å²) in [6.07, 6.45) is 0. The maximum absolute atomic E-state index is 10.9. The van der Waals surface area contributed by atoms with Crippen LogP contribution in [0.2, 0.25) is 5.02 Å². The van der Waals surface area contributed by atoms with Gasteiger partial charge in [-0.05, 0) is 30.7 Å². The van der Waals surface area contributed by atoms with Gasteiger partial charge in [0.25, 0.3) is 0 Å². The van der Waals surface area contributed by atoms with Gasteiger partial charge in [0.2, 0.25) is 0 Å². The Hall–Kier alpha value is -2.00. The van der Waals surface area contributed by atoms with E-state index in [0.29, 0.717) is 17.3 Å². The average molecular weight is 276 g/mol. The van der Waals surface area contributed by atoms with E-state index in [0.717, 1.165) is 5.56 Å². The SMILES string of the molecule is Cc1ccc(CNc2cc(C(=O)O)ccc2Cl)cc1. The van der Waals surface area contributed by atoms with Crippen LogP contribution < -0.4 is 5.32 Å². The number of aryl methyl sites for hydroxylation is 1. The van der Waals surface area contributed by atoms with E-state index in [4.69, 9.17) is 16.7 Å². The zero-order valence-electron chi connectivity index (χ0n) is 10.5. The van der Waals surface area contributed by atoms with E-state index in [1.165, 1.54) is 11.6 Å². The summed E-state index contributed by atoms with van der Waals surface area (Å²) in [5, 5.41) is 12.6. The van der Waals surface area contributed by atoms with Gasteiger partial charge in [-0.15, -0.1) is 0 Å². The number of anilines is 1. The maximum Gasteiger partial charge on any atom is 0.335 e. The summed E-state index contributed by atoms with van der Waals surface area (Å²) < 4.78 is 0. The van der Waals surface area contributed by atoms with Gasteiger partial charge < -0.3 is 10.4 Å². The number of aromatic carboxylic acids is 1. The fraction of sp³-hybridized carbons (Fsp3) is 0.133. The lowest BCUT2D eigenvalue weighted by atomic mass is 10.1. The summed E-state index contributed by atoms with van der Waals surface area (Å²) in [6.45, 7) is 2.63. The first kappa shape index (κ1) is 13.4. The van der Waals surface area contributed by atoms with Gasteiger partial charge in [-0.25, -0.2) is 4.79 Å². The number of carbonyl (C=O) groups is 1. The molecule has 0 aromatic heterocycles. The fourth-order valence-corrected chi connectivity index (χ4v) is 1.88. The number of carboxylic acid groups (broad SMARTS) is 1. The summed E-state index contributed by atoms with van der Waals surface area (Å²) in [5.74, 6) is -0.963. The van der Waals surface area contributed by atoms with Gasteiger partial charge in [-0.3, -0.25) is 0 Å². The second-order valence-corrected chi connectivity index (χ2v) is 4.75. The molecule has 0 heterocycles. The number of rotatable bonds is 4. The number of hydrogen-bond donors (Lipinski definition) is 2. The molecule has 19 heavy (non-hydrogen) atoms. The van der Waals surface area contributed by atoms with Crippen LogP contribution in [0, 0.1) is 6.92 Å². The normalized spacial score (nSPS) is 10.2. The number of benzene rings is 2. The molecule has 0 radical (unpaired) electrons. The molecule has 3 nitrogen and oxygen atoms in total. The molecular weight excluding hydrogens is 262 g/mol. The monoisotopic (exact) mass is 275 g/mol. The van der Waals surface area contributed by atoms with Crippen molar-refractivity contribution in [2.24, 2.45) is 0 Å². The van der Waals surface area contributed by atoms with Crippen molar-refractivity contribution in [2.75, 3.05) is 5.32 Å². The third-order valence-corrected chi connectivity index (χ3v) is 3.15. The lowest BCUT2D eigenvalue weighted by Gasteiger charge is -2.09. The van der Waals surface area contributed by atoms with Crippen LogP contribution in [0.3, 0.4) is 0 Å². The molecule has 0 aliphatic heterocycles. The number of carboxylic acids is 1. The Kier molecular flexibility index (Phi) is 4.07. The second kappa shape index (κ2) is 5.76. The van der Waals surface area contributed by atoms with Crippen LogP contribution in [0.5, 0.6) is 0 Å². The zero-order chi connectivity index (χ0) is 13.8. The lowest BCUT2D eigenvalue weighted by molar-refractivity contribution is 0.0697. The second-order valence-electron chi connectivity index (χ2n) is 4.34. The topological polar surface area (TPSA) is 49.3 Å². The molecule has 2 aromatic rings. The molecule has 0 spiro atoms. The Bertz CT molecular complexity index is 594. The molecule has 0 fully saturated rings. The third-order valence-electron chi connectivity index (χ3n) is 2.82. The average Bonchev–Trinajstić information content (AvgIpc) is 2.39. The molecule has 2 aromatic carbocycles. The van der Waals surface area contributed by atoms with Crippen molar-refractivity contribution in [3.05, 3.63) is 64.2 Å². The van der Waals surface area contributed by atoms with Gasteiger partial charge in [0.05, 0.1) is 16.3 Å². The largest absolute Gasteiger partial charge is 0.478 e. The Balaban J connectivity index is 2.12. The number of halogens is 1. The van der Waals surface area contributed by atoms with Crippen LogP contribution in [-0.2, 0) is 6.54 Å². The minimum absolute atomic E-state index is 0.218. The van der Waals surface area contributed by atoms with Gasteiger partial charge in [0.15, 0.2) is 0 Å². The molecule has 0 saturated heterocycles. The van der Waals surface area contributed by atoms with Gasteiger partial charge in [0, 0.05) is 6.54 Å². The summed E-state index contributed by atoms with van der Waals surface area (Å²) in [5.41, 5.74) is 3.16. The van der Waals surface area contributed by atoms with Crippen molar-refractivity contribution >= 4 is 23.3 Å². The van der Waals surface area contributed by atoms with Crippen LogP contribution in [0.4, 0.5) is 5.69 Å². The Morgan fingerprint density at radius 1 is 1.21 bits per heavy atom. The molecule has 98 valence electrons. The molecule has 0 aliphatic rings. The van der Waals surface area contributed by atoms with Gasteiger partial charge >= 0.3 is 5.97 Å². The highest BCUT2D eigenvalue weighted by atomic mass is 35.5. The molecule has 0 aliphatic carbocycles. The van der Waals surface area contributed by atoms with Crippen molar-refractivity contribution in [2.45, 2.75) is 13.5 Å². The molecule has 0 saturated carbocycles. The minimum atomic E-state index is -0.963. The Morgan fingerprint density at radius 2 is 1.89 bits per heavy atom. The van der Waals surface area contributed by atoms with E-state index in [1.807, 2.05) is 31.2 Å². The van der Waals surface area contributed by atoms with Crippen molar-refractivity contribution < 1.29 is 9.90 Å². The highest BCUT2D eigenvalue weighted by molar-refractivity contribution is 6.33. The molecule has 2 N–H and O–H groups in total. The highest BCUT2D eigenvalue weighted by Gasteiger charge is 2.07. The van der Waals surface area contributed by atoms with E-state index >= 15 is 0 Å². The first-order valence-electron chi connectivity index (χ1n) is 5.88. The van der Waals surface area contributed by atoms with E-state index < -0.39 is 5.97 Å². The molecule has 0 bridgehead atoms. The molecule has 4 heteroatoms. The van der Waals surface area contributed by atoms with Crippen molar-refractivity contribution in [1.82, 2.24) is 0 Å². The van der Waals surface area contributed by atoms with Crippen molar-refractivity contribution in [1.29, 1.82) is 0 Å². The number of hydrogen-bond acceptors (Lipinski definition) is 2. The van der Waals surface area contributed by atoms with E-state index in [-0.39, 0.29) is 5.56 Å². The Morgan fingerprint density at radius 3 is 2.53 bits per heavy atom. The Labute approximate surface area is 116 Å². The fourth-order valence-electron chi connectivity index (χ4n) is 1.70. The molecule has 0 atom stereocenters. The van der Waals surface area contributed by atoms with Crippen LogP contribution >= 0.6 is 11.6 Å². The minimum Gasteiger partial charge on any atom is -0.478 e. The van der Waals surface area contributed by atoms with Gasteiger partial charge in [-0.2, -0.15) is 0 Å². The maximum atomic E-state index is 10.9. The molecule has 2 rings (SSSR count). The zero-order valence-corrected chi connectivity index (χ0v) is 11.2. The first-order chi connectivity index (χ1) is 9.06. The van der Waals surface area contributed by atoms with E-state index in [2.05, 4.69) is 5.32 Å². The van der Waals surface area contributed by atoms with E-state index in [1.54, 1.807) is 12.1 Å². The van der Waals surface area contributed by atoms with Crippen molar-refractivity contribution in [3.63, 3.8) is 0 Å². The molecular formula is C15H14ClNO2. The van der Waals surface area contributed by atoms with Crippen molar-refractivity contribution in [3.8, 4) is 0 Å². The summed E-state index contributed by atoms with van der Waals surface area (Å²) in [6, 6.07) is 12.7. The summed E-state index contributed by atoms with van der Waals surface area (Å²) in [4.78, 5) is 10.9. The molecule has 0 amide bonds. The first-order valence-corrected chi connectivity index (χ1v) is 6.26. The summed E-state index contributed by atoms with van der Waals surface area (Å²) in [7, 11) is 0. The standard InChI is InChI=1S/C15H14ClNO2/c1-10-2-4-11(5-3-10)9-17-14-8-12(15(18)19)6-7-13(14)16/h2-8,17H,9H2,1H3,(H,18,19). The van der Waals surface area contributed by atoms with Crippen LogP contribution in [0.25, 0.3) is 0 Å². The summed E-state index contributed by atoms with van der Waals surface area (Å²) >= 11 is 6.04. The van der Waals surface area contributed by atoms with Gasteiger partial charge in [-0.1, -0.05) is 41.4 Å². The van der Waals surface area contributed by atoms with Gasteiger partial charge in [0.1, 0.15) is 0 Å². The molecule has 0 unspecified atom stereocenters. The predicted octanol–water partition coefficient (Wildman–Crippen LogP) is 3.96. The predicted molar refractivity (Wildman–Crippen MR) is 76.9 cm³/mol. The van der Waals surface area contributed by atoms with Crippen LogP contribution in [0.1, 0.15) is 21.5 Å². The lowest BCUT2D eigenvalue weighted by Crippen LogP contribution is -2.02. The highest BCUT2D eigenvalue weighted by Crippen LogP contribution is 2.23. The smallest absolute Gasteiger partial charge is 0.335 e. The van der Waals surface area contributed by atoms with E-state index in [9.17, 15) is 4.79 Å².